The Balaban J connectivity index is 0.000000199. The standard InChI is InChI=1S/C9H11OP.C6H6O/c1-2-4-7-8(10)5-3-6-9(7)11;7-6-4-2-1-3-5-6/h2-3,5-6,10H,1,4,11H2;1-5,7H. The van der Waals surface area contributed by atoms with Crippen molar-refractivity contribution in [1.82, 2.24) is 0 Å². The molecule has 2 rings (SSSR count). The second-order valence-electron chi connectivity index (χ2n) is 3.67. The van der Waals surface area contributed by atoms with Gasteiger partial charge >= 0.3 is 0 Å². The summed E-state index contributed by atoms with van der Waals surface area (Å²) in [5.74, 6) is 0.667. The molecule has 3 heteroatoms. The molecule has 0 saturated heterocycles. The summed E-state index contributed by atoms with van der Waals surface area (Å²) in [4.78, 5) is 0. The van der Waals surface area contributed by atoms with Gasteiger partial charge in [0.15, 0.2) is 0 Å². The van der Waals surface area contributed by atoms with E-state index in [9.17, 15) is 5.11 Å². The van der Waals surface area contributed by atoms with Gasteiger partial charge in [-0.1, -0.05) is 36.4 Å². The average Bonchev–Trinajstić information content (AvgIpc) is 2.36. The van der Waals surface area contributed by atoms with Crippen LogP contribution in [-0.2, 0) is 6.42 Å². The number of rotatable bonds is 2. The molecule has 0 heterocycles. The molecule has 1 atom stereocenters. The maximum absolute atomic E-state index is 9.36. The lowest BCUT2D eigenvalue weighted by Gasteiger charge is -2.03. The second-order valence-corrected chi connectivity index (χ2v) is 4.30. The Hall–Kier alpha value is -1.79. The van der Waals surface area contributed by atoms with Gasteiger partial charge < -0.3 is 10.2 Å². The third-order valence-corrected chi connectivity index (χ3v) is 2.83. The maximum Gasteiger partial charge on any atom is 0.119 e. The first kappa shape index (κ1) is 14.3. The van der Waals surface area contributed by atoms with Crippen LogP contribution >= 0.6 is 9.24 Å². The molecule has 0 amide bonds. The van der Waals surface area contributed by atoms with Gasteiger partial charge in [0, 0.05) is 5.56 Å². The molecular weight excluding hydrogens is 243 g/mol. The van der Waals surface area contributed by atoms with Crippen molar-refractivity contribution >= 4 is 14.5 Å². The van der Waals surface area contributed by atoms with Crippen LogP contribution < -0.4 is 5.30 Å². The second kappa shape index (κ2) is 7.52. The van der Waals surface area contributed by atoms with Gasteiger partial charge in [0.2, 0.25) is 0 Å². The Bertz CT molecular complexity index is 475. The number of aromatic hydroxyl groups is 2. The van der Waals surface area contributed by atoms with Crippen molar-refractivity contribution in [2.75, 3.05) is 0 Å². The summed E-state index contributed by atoms with van der Waals surface area (Å²) in [5.41, 5.74) is 0.938. The van der Waals surface area contributed by atoms with Crippen LogP contribution in [0.1, 0.15) is 5.56 Å². The fraction of sp³-hybridized carbons (Fsp3) is 0.0667. The van der Waals surface area contributed by atoms with Crippen LogP contribution in [-0.4, -0.2) is 10.2 Å². The van der Waals surface area contributed by atoms with Gasteiger partial charge in [0.25, 0.3) is 0 Å². The van der Waals surface area contributed by atoms with E-state index < -0.39 is 0 Å². The fourth-order valence-corrected chi connectivity index (χ4v) is 1.76. The summed E-state index contributed by atoms with van der Waals surface area (Å²) in [6, 6.07) is 14.2. The molecule has 0 aliphatic heterocycles. The maximum atomic E-state index is 9.36. The van der Waals surface area contributed by atoms with Crippen LogP contribution in [0.25, 0.3) is 0 Å². The third kappa shape index (κ3) is 4.60. The smallest absolute Gasteiger partial charge is 0.119 e. The largest absolute Gasteiger partial charge is 0.508 e. The Labute approximate surface area is 110 Å². The van der Waals surface area contributed by atoms with Crippen LogP contribution in [0.4, 0.5) is 0 Å². The van der Waals surface area contributed by atoms with Crippen molar-refractivity contribution < 1.29 is 10.2 Å². The molecule has 0 fully saturated rings. The molecule has 2 aromatic carbocycles. The topological polar surface area (TPSA) is 40.5 Å². The molecule has 0 radical (unpaired) electrons. The lowest BCUT2D eigenvalue weighted by molar-refractivity contribution is 0.470. The minimum absolute atomic E-state index is 0.322. The van der Waals surface area contributed by atoms with Crippen LogP contribution in [0.3, 0.4) is 0 Å². The van der Waals surface area contributed by atoms with Gasteiger partial charge in [-0.2, -0.15) is 0 Å². The van der Waals surface area contributed by atoms with E-state index >= 15 is 0 Å². The minimum Gasteiger partial charge on any atom is -0.508 e. The summed E-state index contributed by atoms with van der Waals surface area (Å²) in [5, 5.41) is 19.0. The van der Waals surface area contributed by atoms with Crippen LogP contribution in [0, 0.1) is 0 Å². The zero-order valence-corrected chi connectivity index (χ0v) is 11.2. The SMILES string of the molecule is C=CCc1c(O)cccc1P.Oc1ccccc1. The number of phenols is 2. The summed E-state index contributed by atoms with van der Waals surface area (Å²) >= 11 is 0. The summed E-state index contributed by atoms with van der Waals surface area (Å²) in [6.45, 7) is 3.62. The van der Waals surface area contributed by atoms with E-state index in [0.29, 0.717) is 17.9 Å². The van der Waals surface area contributed by atoms with Crippen molar-refractivity contribution in [3.8, 4) is 11.5 Å². The molecular formula is C15H17O2P. The Morgan fingerprint density at radius 1 is 1.00 bits per heavy atom. The molecule has 0 saturated carbocycles. The fourth-order valence-electron chi connectivity index (χ4n) is 1.39. The van der Waals surface area contributed by atoms with Gasteiger partial charge in [0.05, 0.1) is 0 Å². The minimum atomic E-state index is 0.322. The Morgan fingerprint density at radius 2 is 1.67 bits per heavy atom. The molecule has 0 aromatic heterocycles. The lowest BCUT2D eigenvalue weighted by Crippen LogP contribution is -1.99. The van der Waals surface area contributed by atoms with E-state index in [0.717, 1.165) is 10.9 Å². The number of phenolic OH excluding ortho intramolecular Hbond substituents is 2. The predicted molar refractivity (Wildman–Crippen MR) is 79.5 cm³/mol. The van der Waals surface area contributed by atoms with E-state index in [1.54, 1.807) is 36.4 Å². The molecule has 0 aliphatic carbocycles. The average molecular weight is 260 g/mol. The van der Waals surface area contributed by atoms with Crippen LogP contribution in [0.5, 0.6) is 11.5 Å². The summed E-state index contributed by atoms with van der Waals surface area (Å²) < 4.78 is 0. The van der Waals surface area contributed by atoms with Crippen molar-refractivity contribution in [3.05, 3.63) is 66.7 Å². The van der Waals surface area contributed by atoms with E-state index in [1.807, 2.05) is 18.2 Å². The van der Waals surface area contributed by atoms with E-state index in [2.05, 4.69) is 15.8 Å². The molecule has 94 valence electrons. The molecule has 0 bridgehead atoms. The van der Waals surface area contributed by atoms with Crippen LogP contribution in [0.15, 0.2) is 61.2 Å². The Morgan fingerprint density at radius 3 is 2.11 bits per heavy atom. The number of benzene rings is 2. The molecule has 18 heavy (non-hydrogen) atoms. The molecule has 2 nitrogen and oxygen atoms in total. The van der Waals surface area contributed by atoms with E-state index in [1.165, 1.54) is 0 Å². The van der Waals surface area contributed by atoms with Gasteiger partial charge in [-0.3, -0.25) is 0 Å². The van der Waals surface area contributed by atoms with Crippen molar-refractivity contribution in [2.24, 2.45) is 0 Å². The first-order valence-electron chi connectivity index (χ1n) is 5.56. The van der Waals surface area contributed by atoms with Gasteiger partial charge in [-0.25, -0.2) is 0 Å². The Kier molecular flexibility index (Phi) is 5.96. The molecule has 0 spiro atoms. The summed E-state index contributed by atoms with van der Waals surface area (Å²) in [6.07, 6.45) is 2.49. The van der Waals surface area contributed by atoms with E-state index in [4.69, 9.17) is 5.11 Å². The molecule has 1 unspecified atom stereocenters. The zero-order chi connectivity index (χ0) is 13.4. The van der Waals surface area contributed by atoms with Gasteiger partial charge in [0.1, 0.15) is 11.5 Å². The lowest BCUT2D eigenvalue weighted by atomic mass is 10.1. The number of allylic oxidation sites excluding steroid dienone is 1. The first-order chi connectivity index (χ1) is 8.65. The highest BCUT2D eigenvalue weighted by Crippen LogP contribution is 2.16. The monoisotopic (exact) mass is 260 g/mol. The van der Waals surface area contributed by atoms with E-state index in [-0.39, 0.29) is 0 Å². The molecule has 2 N–H and O–H groups in total. The van der Waals surface area contributed by atoms with Crippen molar-refractivity contribution in [2.45, 2.75) is 6.42 Å². The molecule has 2 aromatic rings. The third-order valence-electron chi connectivity index (χ3n) is 2.29. The zero-order valence-electron chi connectivity index (χ0n) is 10.1. The van der Waals surface area contributed by atoms with Gasteiger partial charge in [-0.15, -0.1) is 15.8 Å². The quantitative estimate of drug-likeness (QED) is 0.643. The highest BCUT2D eigenvalue weighted by molar-refractivity contribution is 7.27. The normalized spacial score (nSPS) is 9.17. The van der Waals surface area contributed by atoms with Crippen molar-refractivity contribution in [1.29, 1.82) is 0 Å². The summed E-state index contributed by atoms with van der Waals surface area (Å²) in [7, 11) is 2.59. The van der Waals surface area contributed by atoms with Crippen LogP contribution in [0.2, 0.25) is 0 Å². The number of hydrogen-bond donors (Lipinski definition) is 2. The van der Waals surface area contributed by atoms with Crippen molar-refractivity contribution in [3.63, 3.8) is 0 Å². The number of para-hydroxylation sites is 1. The number of hydrogen-bond acceptors (Lipinski definition) is 2. The highest BCUT2D eigenvalue weighted by Gasteiger charge is 2.00. The van der Waals surface area contributed by atoms with Gasteiger partial charge in [-0.05, 0) is 29.9 Å². The first-order valence-corrected chi connectivity index (χ1v) is 6.14. The predicted octanol–water partition coefficient (Wildman–Crippen LogP) is 3.01. The highest BCUT2D eigenvalue weighted by atomic mass is 31.0. The molecule has 0 aliphatic rings.